The number of ether oxygens (including phenoxy) is 2. The van der Waals surface area contributed by atoms with Crippen molar-refractivity contribution >= 4 is 29.2 Å². The number of carbonyl (C=O) groups excluding carboxylic acids is 2. The van der Waals surface area contributed by atoms with Gasteiger partial charge in [-0.1, -0.05) is 11.6 Å². The monoisotopic (exact) mass is 402 g/mol. The number of hydrogen-bond acceptors (Lipinski definition) is 6. The Morgan fingerprint density at radius 3 is 2.32 bits per heavy atom. The maximum absolute atomic E-state index is 12.5. The van der Waals surface area contributed by atoms with Crippen molar-refractivity contribution in [3.8, 4) is 11.5 Å². The van der Waals surface area contributed by atoms with Crippen molar-refractivity contribution in [3.05, 3.63) is 64.8 Å². The zero-order valence-electron chi connectivity index (χ0n) is 15.1. The predicted molar refractivity (Wildman–Crippen MR) is 104 cm³/mol. The van der Waals surface area contributed by atoms with Gasteiger partial charge in [0.15, 0.2) is 0 Å². The molecule has 0 unspecified atom stereocenters. The smallest absolute Gasteiger partial charge is 0.337 e. The normalized spacial score (nSPS) is 13.7. The number of esters is 1. The minimum absolute atomic E-state index is 0.0894. The van der Waals surface area contributed by atoms with E-state index in [-0.39, 0.29) is 36.9 Å². The molecule has 0 aliphatic carbocycles. The van der Waals surface area contributed by atoms with E-state index >= 15 is 0 Å². The quantitative estimate of drug-likeness (QED) is 0.692. The van der Waals surface area contributed by atoms with E-state index in [0.29, 0.717) is 22.2 Å². The summed E-state index contributed by atoms with van der Waals surface area (Å²) in [6.07, 6.45) is 0. The summed E-state index contributed by atoms with van der Waals surface area (Å²) in [6, 6.07) is 13.9. The highest BCUT2D eigenvalue weighted by Crippen LogP contribution is 2.27. The second-order valence-electron chi connectivity index (χ2n) is 6.00. The van der Waals surface area contributed by atoms with Crippen LogP contribution < -0.4 is 10.1 Å². The number of aliphatic hydroxyl groups excluding tert-OH is 1. The molecule has 1 heterocycles. The van der Waals surface area contributed by atoms with Gasteiger partial charge in [0.1, 0.15) is 17.2 Å². The number of aliphatic hydroxyl groups is 1. The lowest BCUT2D eigenvalue weighted by molar-refractivity contribution is -0.136. The standard InChI is InChI=1S/C20H19ClN2O5/c1-27-20(26)17-12-23(10-11-24)19(25)18(17)22-14-4-8-16(9-5-14)28-15-6-2-13(21)3-7-15/h2-9,22,24H,10-12H2,1H3. The van der Waals surface area contributed by atoms with Crippen LogP contribution >= 0.6 is 11.6 Å². The average molecular weight is 403 g/mol. The van der Waals surface area contributed by atoms with Gasteiger partial charge in [-0.2, -0.15) is 0 Å². The summed E-state index contributed by atoms with van der Waals surface area (Å²) in [5.41, 5.74) is 0.980. The van der Waals surface area contributed by atoms with E-state index in [2.05, 4.69) is 5.32 Å². The SMILES string of the molecule is COC(=O)C1=C(Nc2ccc(Oc3ccc(Cl)cc3)cc2)C(=O)N(CCO)C1. The molecular formula is C20H19ClN2O5. The van der Waals surface area contributed by atoms with E-state index in [1.165, 1.54) is 12.0 Å². The number of halogens is 1. The zero-order chi connectivity index (χ0) is 20.1. The van der Waals surface area contributed by atoms with Gasteiger partial charge in [-0.05, 0) is 48.5 Å². The molecule has 0 aromatic heterocycles. The number of carbonyl (C=O) groups is 2. The fraction of sp³-hybridized carbons (Fsp3) is 0.200. The van der Waals surface area contributed by atoms with E-state index < -0.39 is 5.97 Å². The van der Waals surface area contributed by atoms with Crippen LogP contribution in [0.25, 0.3) is 0 Å². The third kappa shape index (κ3) is 4.44. The van der Waals surface area contributed by atoms with Gasteiger partial charge in [0.25, 0.3) is 5.91 Å². The molecule has 1 amide bonds. The van der Waals surface area contributed by atoms with Crippen LogP contribution in [-0.4, -0.2) is 48.7 Å². The van der Waals surface area contributed by atoms with Crippen molar-refractivity contribution in [2.45, 2.75) is 0 Å². The second kappa shape index (κ2) is 8.77. The Morgan fingerprint density at radius 2 is 1.75 bits per heavy atom. The number of nitrogens with one attached hydrogen (secondary N) is 1. The van der Waals surface area contributed by atoms with Gasteiger partial charge in [-0.25, -0.2) is 4.79 Å². The molecule has 3 rings (SSSR count). The van der Waals surface area contributed by atoms with E-state index in [9.17, 15) is 9.59 Å². The van der Waals surface area contributed by atoms with Crippen molar-refractivity contribution < 1.29 is 24.2 Å². The van der Waals surface area contributed by atoms with E-state index in [1.54, 1.807) is 48.5 Å². The molecular weight excluding hydrogens is 384 g/mol. The first-order valence-corrected chi connectivity index (χ1v) is 8.91. The first-order chi connectivity index (χ1) is 13.5. The maximum atomic E-state index is 12.5. The lowest BCUT2D eigenvalue weighted by Gasteiger charge is -2.15. The summed E-state index contributed by atoms with van der Waals surface area (Å²) >= 11 is 5.86. The van der Waals surface area contributed by atoms with Crippen LogP contribution in [0.2, 0.25) is 5.02 Å². The lowest BCUT2D eigenvalue weighted by Crippen LogP contribution is -2.31. The molecule has 1 aliphatic heterocycles. The highest BCUT2D eigenvalue weighted by molar-refractivity contribution is 6.30. The number of rotatable bonds is 7. The molecule has 8 heteroatoms. The van der Waals surface area contributed by atoms with Crippen molar-refractivity contribution in [1.29, 1.82) is 0 Å². The summed E-state index contributed by atoms with van der Waals surface area (Å²) in [7, 11) is 1.26. The Balaban J connectivity index is 1.75. The number of anilines is 1. The molecule has 0 fully saturated rings. The highest BCUT2D eigenvalue weighted by atomic mass is 35.5. The zero-order valence-corrected chi connectivity index (χ0v) is 15.9. The first kappa shape index (κ1) is 19.7. The molecule has 2 N–H and O–H groups in total. The molecule has 0 radical (unpaired) electrons. The van der Waals surface area contributed by atoms with E-state index in [1.807, 2.05) is 0 Å². The van der Waals surface area contributed by atoms with Gasteiger partial charge in [0.2, 0.25) is 0 Å². The van der Waals surface area contributed by atoms with Gasteiger partial charge in [-0.3, -0.25) is 4.79 Å². The van der Waals surface area contributed by atoms with Gasteiger partial charge in [0.05, 0.1) is 25.8 Å². The minimum Gasteiger partial charge on any atom is -0.466 e. The Morgan fingerprint density at radius 1 is 1.14 bits per heavy atom. The molecule has 146 valence electrons. The molecule has 0 atom stereocenters. The van der Waals surface area contributed by atoms with Crippen molar-refractivity contribution in [3.63, 3.8) is 0 Å². The summed E-state index contributed by atoms with van der Waals surface area (Å²) in [4.78, 5) is 25.9. The topological polar surface area (TPSA) is 88.1 Å². The summed E-state index contributed by atoms with van der Waals surface area (Å²) in [5, 5.41) is 12.7. The molecule has 7 nitrogen and oxygen atoms in total. The van der Waals surface area contributed by atoms with E-state index in [4.69, 9.17) is 26.2 Å². The van der Waals surface area contributed by atoms with Gasteiger partial charge >= 0.3 is 5.97 Å². The summed E-state index contributed by atoms with van der Waals surface area (Å²) < 4.78 is 10.5. The van der Waals surface area contributed by atoms with Gasteiger partial charge in [0, 0.05) is 17.3 Å². The third-order valence-electron chi connectivity index (χ3n) is 4.13. The van der Waals surface area contributed by atoms with Crippen LogP contribution in [0, 0.1) is 0 Å². The Kier molecular flexibility index (Phi) is 6.18. The van der Waals surface area contributed by atoms with Gasteiger partial charge in [-0.15, -0.1) is 0 Å². The van der Waals surface area contributed by atoms with Crippen molar-refractivity contribution in [1.82, 2.24) is 4.90 Å². The van der Waals surface area contributed by atoms with Gasteiger partial charge < -0.3 is 24.8 Å². The maximum Gasteiger partial charge on any atom is 0.337 e. The number of nitrogens with zero attached hydrogens (tertiary/aromatic N) is 1. The van der Waals surface area contributed by atoms with Crippen LogP contribution in [0.4, 0.5) is 5.69 Å². The number of benzene rings is 2. The fourth-order valence-electron chi connectivity index (χ4n) is 2.74. The molecule has 28 heavy (non-hydrogen) atoms. The lowest BCUT2D eigenvalue weighted by atomic mass is 10.2. The number of methoxy groups -OCH3 is 1. The molecule has 1 aliphatic rings. The van der Waals surface area contributed by atoms with Crippen LogP contribution in [0.15, 0.2) is 59.8 Å². The molecule has 2 aromatic rings. The fourth-order valence-corrected chi connectivity index (χ4v) is 2.86. The Hall–Kier alpha value is -3.03. The summed E-state index contributed by atoms with van der Waals surface area (Å²) in [5.74, 6) is 0.302. The molecule has 0 spiro atoms. The second-order valence-corrected chi connectivity index (χ2v) is 6.44. The minimum atomic E-state index is -0.584. The van der Waals surface area contributed by atoms with Crippen LogP contribution in [0.3, 0.4) is 0 Å². The summed E-state index contributed by atoms with van der Waals surface area (Å²) in [6.45, 7) is 0.0365. The third-order valence-corrected chi connectivity index (χ3v) is 4.38. The number of β-amino-alcohol motifs (C(OH)–C–C–N with tert-alkyl or cyclic N) is 1. The first-order valence-electron chi connectivity index (χ1n) is 8.54. The highest BCUT2D eigenvalue weighted by Gasteiger charge is 2.34. The van der Waals surface area contributed by atoms with Crippen LogP contribution in [0.5, 0.6) is 11.5 Å². The molecule has 0 bridgehead atoms. The molecule has 2 aromatic carbocycles. The van der Waals surface area contributed by atoms with Crippen LogP contribution in [0.1, 0.15) is 0 Å². The van der Waals surface area contributed by atoms with E-state index in [0.717, 1.165) is 0 Å². The molecule has 0 saturated heterocycles. The van der Waals surface area contributed by atoms with Crippen molar-refractivity contribution in [2.75, 3.05) is 32.1 Å². The van der Waals surface area contributed by atoms with Crippen molar-refractivity contribution in [2.24, 2.45) is 0 Å². The number of hydrogen-bond donors (Lipinski definition) is 2. The van der Waals surface area contributed by atoms with Crippen LogP contribution in [-0.2, 0) is 14.3 Å². The largest absolute Gasteiger partial charge is 0.466 e. The number of amides is 1. The Labute approximate surface area is 167 Å². The average Bonchev–Trinajstić information content (AvgIpc) is 3.01. The molecule has 0 saturated carbocycles. The predicted octanol–water partition coefficient (Wildman–Crippen LogP) is 2.81. The Bertz CT molecular complexity index is 894.